The normalized spacial score (nSPS) is 10.0. The molecule has 0 aromatic heterocycles. The maximum atomic E-state index is 10.3. The lowest BCUT2D eigenvalue weighted by Gasteiger charge is -1.97. The van der Waals surface area contributed by atoms with E-state index in [-0.39, 0.29) is 0 Å². The van der Waals surface area contributed by atoms with Crippen LogP contribution in [-0.2, 0) is 9.53 Å². The van der Waals surface area contributed by atoms with E-state index >= 15 is 0 Å². The van der Waals surface area contributed by atoms with Crippen LogP contribution in [-0.4, -0.2) is 12.5 Å². The molecule has 0 aromatic rings. The standard InChI is InChI=1S/C11H18O2/c1-3-5-6-7-8-9-11(10-12)13-4-2/h8-9H,3-7H2,1-2H3/b9-8+. The predicted molar refractivity (Wildman–Crippen MR) is 54.1 cm³/mol. The van der Waals surface area contributed by atoms with Gasteiger partial charge in [0, 0.05) is 0 Å². The molecule has 0 unspecified atom stereocenters. The summed E-state index contributed by atoms with van der Waals surface area (Å²) in [4.78, 5) is 10.3. The third-order valence-electron chi connectivity index (χ3n) is 1.64. The molecular weight excluding hydrogens is 164 g/mol. The third-order valence-corrected chi connectivity index (χ3v) is 1.64. The minimum atomic E-state index is 0.305. The Bertz CT molecular complexity index is 188. The minimum Gasteiger partial charge on any atom is -0.484 e. The Balaban J connectivity index is 3.62. The largest absolute Gasteiger partial charge is 0.484 e. The zero-order chi connectivity index (χ0) is 9.94. The monoisotopic (exact) mass is 182 g/mol. The van der Waals surface area contributed by atoms with Gasteiger partial charge in [-0.25, -0.2) is 4.79 Å². The van der Waals surface area contributed by atoms with E-state index in [1.807, 2.05) is 13.0 Å². The molecule has 0 aliphatic carbocycles. The summed E-state index contributed by atoms with van der Waals surface area (Å²) < 4.78 is 5.00. The van der Waals surface area contributed by atoms with Gasteiger partial charge in [0.15, 0.2) is 5.94 Å². The summed E-state index contributed by atoms with van der Waals surface area (Å²) in [6.45, 7) is 4.53. The maximum absolute atomic E-state index is 10.3. The third kappa shape index (κ3) is 7.35. The average molecular weight is 182 g/mol. The molecule has 0 rings (SSSR count). The number of unbranched alkanes of at least 4 members (excludes halogenated alkanes) is 3. The summed E-state index contributed by atoms with van der Waals surface area (Å²) in [5.74, 6) is 2.06. The first-order chi connectivity index (χ1) is 6.35. The quantitative estimate of drug-likeness (QED) is 0.262. The van der Waals surface area contributed by atoms with E-state index in [4.69, 9.17) is 4.74 Å². The molecule has 0 fully saturated rings. The summed E-state index contributed by atoms with van der Waals surface area (Å²) in [6, 6.07) is 0. The van der Waals surface area contributed by atoms with Gasteiger partial charge in [-0.05, 0) is 25.8 Å². The van der Waals surface area contributed by atoms with E-state index in [9.17, 15) is 4.79 Å². The summed E-state index contributed by atoms with van der Waals surface area (Å²) in [6.07, 6.45) is 8.30. The second-order valence-corrected chi connectivity index (χ2v) is 2.80. The Morgan fingerprint density at radius 3 is 2.69 bits per heavy atom. The smallest absolute Gasteiger partial charge is 0.203 e. The molecule has 0 spiro atoms. The van der Waals surface area contributed by atoms with Crippen LogP contribution in [0.2, 0.25) is 0 Å². The number of carbonyl (C=O) groups excluding carboxylic acids is 1. The Kier molecular flexibility index (Phi) is 8.38. The van der Waals surface area contributed by atoms with Crippen molar-refractivity contribution in [3.63, 3.8) is 0 Å². The topological polar surface area (TPSA) is 26.3 Å². The molecule has 2 heteroatoms. The van der Waals surface area contributed by atoms with E-state index in [1.165, 1.54) is 19.3 Å². The first-order valence-electron chi connectivity index (χ1n) is 4.89. The van der Waals surface area contributed by atoms with Crippen molar-refractivity contribution in [3.05, 3.63) is 17.9 Å². The highest BCUT2D eigenvalue weighted by molar-refractivity contribution is 5.53. The highest BCUT2D eigenvalue weighted by atomic mass is 16.5. The number of allylic oxidation sites excluding steroid dienone is 2. The van der Waals surface area contributed by atoms with E-state index in [2.05, 4.69) is 6.92 Å². The van der Waals surface area contributed by atoms with Crippen LogP contribution in [0.25, 0.3) is 0 Å². The van der Waals surface area contributed by atoms with Crippen molar-refractivity contribution >= 4 is 5.94 Å². The first-order valence-corrected chi connectivity index (χ1v) is 4.89. The van der Waals surface area contributed by atoms with Gasteiger partial charge in [-0.15, -0.1) is 0 Å². The summed E-state index contributed by atoms with van der Waals surface area (Å²) in [5, 5.41) is 0. The highest BCUT2D eigenvalue weighted by Crippen LogP contribution is 2.02. The van der Waals surface area contributed by atoms with Gasteiger partial charge in [0.1, 0.15) is 0 Å². The molecule has 13 heavy (non-hydrogen) atoms. The Morgan fingerprint density at radius 1 is 1.38 bits per heavy atom. The number of hydrogen-bond donors (Lipinski definition) is 0. The molecule has 0 heterocycles. The maximum Gasteiger partial charge on any atom is 0.203 e. The van der Waals surface area contributed by atoms with Crippen LogP contribution in [0, 0.1) is 0 Å². The zero-order valence-electron chi connectivity index (χ0n) is 8.51. The summed E-state index contributed by atoms with van der Waals surface area (Å²) in [7, 11) is 0. The molecule has 74 valence electrons. The van der Waals surface area contributed by atoms with Crippen molar-refractivity contribution in [3.8, 4) is 0 Å². The van der Waals surface area contributed by atoms with E-state index in [0.717, 1.165) is 6.42 Å². The number of ether oxygens (including phenoxy) is 1. The van der Waals surface area contributed by atoms with E-state index in [0.29, 0.717) is 12.4 Å². The molecular formula is C11H18O2. The number of hydrogen-bond acceptors (Lipinski definition) is 2. The van der Waals surface area contributed by atoms with Crippen LogP contribution >= 0.6 is 0 Å². The Morgan fingerprint density at radius 2 is 2.15 bits per heavy atom. The molecule has 0 radical (unpaired) electrons. The Hall–Kier alpha value is -1.01. The van der Waals surface area contributed by atoms with Crippen LogP contribution in [0.4, 0.5) is 0 Å². The van der Waals surface area contributed by atoms with Gasteiger partial charge in [-0.1, -0.05) is 25.8 Å². The molecule has 0 aliphatic rings. The summed E-state index contributed by atoms with van der Waals surface area (Å²) in [5.41, 5.74) is 0. The minimum absolute atomic E-state index is 0.305. The van der Waals surface area contributed by atoms with Gasteiger partial charge >= 0.3 is 0 Å². The molecule has 0 N–H and O–H groups in total. The Labute approximate surface area is 80.3 Å². The second kappa shape index (κ2) is 9.08. The van der Waals surface area contributed by atoms with Crippen molar-refractivity contribution in [2.75, 3.05) is 6.61 Å². The van der Waals surface area contributed by atoms with Crippen molar-refractivity contribution in [1.82, 2.24) is 0 Å². The van der Waals surface area contributed by atoms with E-state index < -0.39 is 0 Å². The first kappa shape index (κ1) is 12.0. The van der Waals surface area contributed by atoms with Gasteiger partial charge in [-0.3, -0.25) is 0 Å². The molecule has 0 amide bonds. The van der Waals surface area contributed by atoms with Crippen LogP contribution < -0.4 is 0 Å². The lowest BCUT2D eigenvalue weighted by atomic mass is 10.2. The van der Waals surface area contributed by atoms with Crippen molar-refractivity contribution in [2.45, 2.75) is 39.5 Å². The highest BCUT2D eigenvalue weighted by Gasteiger charge is 1.89. The van der Waals surface area contributed by atoms with Crippen LogP contribution in [0.15, 0.2) is 17.9 Å². The van der Waals surface area contributed by atoms with Crippen molar-refractivity contribution in [1.29, 1.82) is 0 Å². The van der Waals surface area contributed by atoms with Gasteiger partial charge in [-0.2, -0.15) is 0 Å². The van der Waals surface area contributed by atoms with Crippen LogP contribution in [0.3, 0.4) is 0 Å². The second-order valence-electron chi connectivity index (χ2n) is 2.80. The average Bonchev–Trinajstić information content (AvgIpc) is 2.16. The lowest BCUT2D eigenvalue weighted by Crippen LogP contribution is -1.88. The van der Waals surface area contributed by atoms with Gasteiger partial charge < -0.3 is 4.74 Å². The van der Waals surface area contributed by atoms with Gasteiger partial charge in [0.05, 0.1) is 6.61 Å². The van der Waals surface area contributed by atoms with E-state index in [1.54, 1.807) is 12.0 Å². The molecule has 0 bridgehead atoms. The molecule has 0 saturated heterocycles. The van der Waals surface area contributed by atoms with Crippen LogP contribution in [0.1, 0.15) is 39.5 Å². The van der Waals surface area contributed by atoms with Crippen molar-refractivity contribution in [2.24, 2.45) is 0 Å². The zero-order valence-corrected chi connectivity index (χ0v) is 8.51. The molecule has 0 atom stereocenters. The summed E-state index contributed by atoms with van der Waals surface area (Å²) >= 11 is 0. The lowest BCUT2D eigenvalue weighted by molar-refractivity contribution is 0.245. The molecule has 0 aromatic carbocycles. The SMILES string of the molecule is CCCCC/C=C/C(=C=O)OCC. The van der Waals surface area contributed by atoms with Crippen molar-refractivity contribution < 1.29 is 9.53 Å². The fraction of sp³-hybridized carbons (Fsp3) is 0.636. The molecule has 0 aliphatic heterocycles. The fourth-order valence-electron chi connectivity index (χ4n) is 0.970. The van der Waals surface area contributed by atoms with Gasteiger partial charge in [0.2, 0.25) is 5.76 Å². The molecule has 0 saturated carbocycles. The van der Waals surface area contributed by atoms with Crippen LogP contribution in [0.5, 0.6) is 0 Å². The van der Waals surface area contributed by atoms with Gasteiger partial charge in [0.25, 0.3) is 0 Å². The fourth-order valence-corrected chi connectivity index (χ4v) is 0.970. The molecule has 2 nitrogen and oxygen atoms in total. The number of rotatable bonds is 7. The predicted octanol–water partition coefficient (Wildman–Crippen LogP) is 2.87.